The third kappa shape index (κ3) is 4.39. The van der Waals surface area contributed by atoms with Crippen molar-refractivity contribution in [3.8, 4) is 45.1 Å². The highest BCUT2D eigenvalue weighted by Crippen LogP contribution is 2.44. The first kappa shape index (κ1) is 27.4. The van der Waals surface area contributed by atoms with Crippen LogP contribution in [0.25, 0.3) is 60.9 Å². The Hall–Kier alpha value is -5.46. The standard InChI is InChI=1S/C41H33N3/c1-25-12-14-32(27(3)20-25)34-8-6-10-36-37-11-7-9-35(33-15-13-26(2)21-28(33)4)41(37)44(40(34)36)39-23-31(24-42)38(22-29(39)5)30-16-18-43-19-17-30/h6-23H,1-5H3. The lowest BCUT2D eigenvalue weighted by Crippen LogP contribution is -2.02. The number of para-hydroxylation sites is 2. The van der Waals surface area contributed by atoms with Crippen molar-refractivity contribution in [3.63, 3.8) is 0 Å². The summed E-state index contributed by atoms with van der Waals surface area (Å²) in [4.78, 5) is 4.19. The van der Waals surface area contributed by atoms with Crippen LogP contribution in [0.5, 0.6) is 0 Å². The van der Waals surface area contributed by atoms with E-state index in [-0.39, 0.29) is 0 Å². The fourth-order valence-corrected chi connectivity index (χ4v) is 6.82. The molecule has 0 aliphatic heterocycles. The maximum atomic E-state index is 10.4. The number of nitriles is 1. The second-order valence-electron chi connectivity index (χ2n) is 11.9. The van der Waals surface area contributed by atoms with Crippen LogP contribution in [-0.2, 0) is 0 Å². The summed E-state index contributed by atoms with van der Waals surface area (Å²) in [5, 5.41) is 12.8. The average molecular weight is 568 g/mol. The van der Waals surface area contributed by atoms with Crippen molar-refractivity contribution in [1.29, 1.82) is 5.26 Å². The van der Waals surface area contributed by atoms with Gasteiger partial charge in [-0.15, -0.1) is 0 Å². The van der Waals surface area contributed by atoms with Gasteiger partial charge in [-0.1, -0.05) is 83.9 Å². The zero-order valence-corrected chi connectivity index (χ0v) is 25.7. The molecule has 0 saturated heterocycles. The maximum Gasteiger partial charge on any atom is 0.0998 e. The highest BCUT2D eigenvalue weighted by Gasteiger charge is 2.22. The molecule has 0 atom stereocenters. The number of pyridine rings is 1. The molecular formula is C41H33N3. The van der Waals surface area contributed by atoms with Gasteiger partial charge >= 0.3 is 0 Å². The molecule has 0 aliphatic rings. The average Bonchev–Trinajstić information content (AvgIpc) is 3.36. The number of aromatic nitrogens is 2. The molecule has 0 aliphatic carbocycles. The summed E-state index contributed by atoms with van der Waals surface area (Å²) in [6, 6.07) is 37.3. The van der Waals surface area contributed by atoms with E-state index in [4.69, 9.17) is 0 Å². The number of benzene rings is 5. The predicted octanol–water partition coefficient (Wildman–Crippen LogP) is 10.6. The quantitative estimate of drug-likeness (QED) is 0.212. The zero-order valence-electron chi connectivity index (χ0n) is 25.7. The Labute approximate surface area is 258 Å². The number of rotatable bonds is 4. The SMILES string of the molecule is Cc1ccc(-c2cccc3c4cccc(-c5ccc(C)cc5C)c4n(-c4cc(C#N)c(-c5ccncc5)cc4C)c23)c(C)c1. The van der Waals surface area contributed by atoms with Crippen LogP contribution in [0.2, 0.25) is 0 Å². The third-order valence-corrected chi connectivity index (χ3v) is 8.84. The Kier molecular flexibility index (Phi) is 6.64. The van der Waals surface area contributed by atoms with Gasteiger partial charge in [-0.2, -0.15) is 5.26 Å². The minimum atomic E-state index is 0.639. The van der Waals surface area contributed by atoms with Crippen molar-refractivity contribution in [3.05, 3.63) is 143 Å². The molecule has 212 valence electrons. The molecule has 0 spiro atoms. The molecule has 44 heavy (non-hydrogen) atoms. The van der Waals surface area contributed by atoms with Crippen molar-refractivity contribution >= 4 is 21.8 Å². The van der Waals surface area contributed by atoms with Gasteiger partial charge in [0.25, 0.3) is 0 Å². The van der Waals surface area contributed by atoms with E-state index in [2.05, 4.69) is 135 Å². The molecule has 2 heterocycles. The third-order valence-electron chi connectivity index (χ3n) is 8.84. The van der Waals surface area contributed by atoms with Gasteiger partial charge in [0.15, 0.2) is 0 Å². The fraction of sp³-hybridized carbons (Fsp3) is 0.122. The topological polar surface area (TPSA) is 41.6 Å². The van der Waals surface area contributed by atoms with Crippen LogP contribution in [0.1, 0.15) is 33.4 Å². The monoisotopic (exact) mass is 567 g/mol. The molecule has 0 radical (unpaired) electrons. The van der Waals surface area contributed by atoms with Crippen LogP contribution >= 0.6 is 0 Å². The smallest absolute Gasteiger partial charge is 0.0998 e. The van der Waals surface area contributed by atoms with Gasteiger partial charge in [0.1, 0.15) is 0 Å². The van der Waals surface area contributed by atoms with E-state index in [0.717, 1.165) is 33.4 Å². The van der Waals surface area contributed by atoms with Crippen molar-refractivity contribution in [1.82, 2.24) is 9.55 Å². The number of nitrogens with zero attached hydrogens (tertiary/aromatic N) is 3. The Morgan fingerprint density at radius 3 is 1.59 bits per heavy atom. The van der Waals surface area contributed by atoms with Crippen molar-refractivity contribution in [2.45, 2.75) is 34.6 Å². The first-order chi connectivity index (χ1) is 21.4. The normalized spacial score (nSPS) is 11.3. The molecule has 3 heteroatoms. The van der Waals surface area contributed by atoms with Crippen LogP contribution in [0.4, 0.5) is 0 Å². The van der Waals surface area contributed by atoms with E-state index in [1.54, 1.807) is 12.4 Å². The van der Waals surface area contributed by atoms with E-state index in [1.807, 2.05) is 12.1 Å². The van der Waals surface area contributed by atoms with Crippen LogP contribution < -0.4 is 0 Å². The number of fused-ring (bicyclic) bond motifs is 3. The molecule has 0 unspecified atom stereocenters. The summed E-state index contributed by atoms with van der Waals surface area (Å²) in [5.74, 6) is 0. The van der Waals surface area contributed by atoms with Gasteiger partial charge in [-0.05, 0) is 97.8 Å². The Morgan fingerprint density at radius 1 is 0.545 bits per heavy atom. The maximum absolute atomic E-state index is 10.4. The molecule has 0 fully saturated rings. The molecule has 0 N–H and O–H groups in total. The summed E-state index contributed by atoms with van der Waals surface area (Å²) in [6.07, 6.45) is 3.55. The van der Waals surface area contributed by atoms with Gasteiger partial charge < -0.3 is 4.57 Å². The summed E-state index contributed by atoms with van der Waals surface area (Å²) in [6.45, 7) is 10.8. The van der Waals surface area contributed by atoms with E-state index < -0.39 is 0 Å². The molecule has 0 saturated carbocycles. The fourth-order valence-electron chi connectivity index (χ4n) is 6.82. The minimum absolute atomic E-state index is 0.639. The molecule has 5 aromatic carbocycles. The Balaban J connectivity index is 1.66. The Bertz CT molecular complexity index is 2170. The van der Waals surface area contributed by atoms with E-state index >= 15 is 0 Å². The lowest BCUT2D eigenvalue weighted by molar-refractivity contribution is 1.15. The van der Waals surface area contributed by atoms with E-state index in [9.17, 15) is 5.26 Å². The summed E-state index contributed by atoms with van der Waals surface area (Å²) < 4.78 is 2.42. The van der Waals surface area contributed by atoms with Gasteiger partial charge in [0.2, 0.25) is 0 Å². The lowest BCUT2D eigenvalue weighted by Gasteiger charge is -2.19. The molecule has 0 amide bonds. The van der Waals surface area contributed by atoms with Crippen LogP contribution in [0.3, 0.4) is 0 Å². The highest BCUT2D eigenvalue weighted by atomic mass is 15.0. The minimum Gasteiger partial charge on any atom is -0.308 e. The first-order valence-corrected chi connectivity index (χ1v) is 15.0. The van der Waals surface area contributed by atoms with Crippen LogP contribution in [0.15, 0.2) is 109 Å². The second-order valence-corrected chi connectivity index (χ2v) is 11.9. The van der Waals surface area contributed by atoms with Crippen LogP contribution in [-0.4, -0.2) is 9.55 Å². The van der Waals surface area contributed by atoms with Gasteiger partial charge in [0.05, 0.1) is 28.4 Å². The summed E-state index contributed by atoms with van der Waals surface area (Å²) in [5.41, 5.74) is 16.7. The number of aryl methyl sites for hydroxylation is 5. The van der Waals surface area contributed by atoms with Crippen molar-refractivity contribution in [2.24, 2.45) is 0 Å². The number of hydrogen-bond acceptors (Lipinski definition) is 2. The summed E-state index contributed by atoms with van der Waals surface area (Å²) in [7, 11) is 0. The van der Waals surface area contributed by atoms with E-state index in [0.29, 0.717) is 5.56 Å². The van der Waals surface area contributed by atoms with Crippen LogP contribution in [0, 0.1) is 45.9 Å². The molecule has 2 aromatic heterocycles. The van der Waals surface area contributed by atoms with Gasteiger partial charge in [-0.25, -0.2) is 0 Å². The predicted molar refractivity (Wildman–Crippen MR) is 183 cm³/mol. The molecule has 7 aromatic rings. The lowest BCUT2D eigenvalue weighted by atomic mass is 9.95. The molecule has 0 bridgehead atoms. The molecule has 3 nitrogen and oxygen atoms in total. The van der Waals surface area contributed by atoms with Crippen molar-refractivity contribution < 1.29 is 0 Å². The van der Waals surface area contributed by atoms with Gasteiger partial charge in [0, 0.05) is 34.3 Å². The summed E-state index contributed by atoms with van der Waals surface area (Å²) >= 11 is 0. The Morgan fingerprint density at radius 2 is 1.09 bits per heavy atom. The molecular weight excluding hydrogens is 534 g/mol. The number of hydrogen-bond donors (Lipinski definition) is 0. The van der Waals surface area contributed by atoms with Crippen molar-refractivity contribution in [2.75, 3.05) is 0 Å². The van der Waals surface area contributed by atoms with Gasteiger partial charge in [-0.3, -0.25) is 4.98 Å². The molecule has 7 rings (SSSR count). The first-order valence-electron chi connectivity index (χ1n) is 15.0. The van der Waals surface area contributed by atoms with E-state index in [1.165, 1.54) is 55.3 Å². The largest absolute Gasteiger partial charge is 0.308 e. The zero-order chi connectivity index (χ0) is 30.5. The second kappa shape index (κ2) is 10.7. The highest BCUT2D eigenvalue weighted by molar-refractivity contribution is 6.17.